The second-order valence-electron chi connectivity index (χ2n) is 6.92. The average Bonchev–Trinajstić information content (AvgIpc) is 2.74. The third kappa shape index (κ3) is 4.07. The van der Waals surface area contributed by atoms with Gasteiger partial charge in [-0.2, -0.15) is 0 Å². The number of hydrogen-bond acceptors (Lipinski definition) is 5. The van der Waals surface area contributed by atoms with Crippen LogP contribution in [0.15, 0.2) is 53.3 Å². The first kappa shape index (κ1) is 21.5. The minimum absolute atomic E-state index is 0.0945. The van der Waals surface area contributed by atoms with E-state index in [0.717, 1.165) is 0 Å². The summed E-state index contributed by atoms with van der Waals surface area (Å²) in [6.45, 7) is 6.29. The molecule has 0 aliphatic heterocycles. The molecule has 0 amide bonds. The summed E-state index contributed by atoms with van der Waals surface area (Å²) in [5.41, 5.74) is -0.214. The number of carboxylic acids is 1. The van der Waals surface area contributed by atoms with Gasteiger partial charge >= 0.3 is 5.97 Å². The Morgan fingerprint density at radius 3 is 2.47 bits per heavy atom. The number of aliphatic carboxylic acids is 1. The summed E-state index contributed by atoms with van der Waals surface area (Å²) in [6, 6.07) is 14.1. The molecule has 1 heterocycles. The lowest BCUT2D eigenvalue weighted by Crippen LogP contribution is -2.38. The van der Waals surface area contributed by atoms with E-state index in [4.69, 9.17) is 9.47 Å². The molecule has 3 rings (SSSR count). The SMILES string of the molecule is CCOC(CC)(C(=O)O)c1ccc(OCCn2c(C)nc3ccccc3c2=O)cc1. The molecule has 0 aliphatic rings. The van der Waals surface area contributed by atoms with E-state index in [1.807, 2.05) is 18.2 Å². The van der Waals surface area contributed by atoms with Gasteiger partial charge in [-0.1, -0.05) is 31.2 Å². The van der Waals surface area contributed by atoms with Crippen molar-refractivity contribution in [1.29, 1.82) is 0 Å². The van der Waals surface area contributed by atoms with Gasteiger partial charge in [-0.25, -0.2) is 9.78 Å². The molecule has 2 aromatic carbocycles. The largest absolute Gasteiger partial charge is 0.492 e. The predicted molar refractivity (Wildman–Crippen MR) is 114 cm³/mol. The van der Waals surface area contributed by atoms with Crippen LogP contribution in [0, 0.1) is 6.92 Å². The fourth-order valence-electron chi connectivity index (χ4n) is 3.59. The lowest BCUT2D eigenvalue weighted by Gasteiger charge is -2.28. The maximum Gasteiger partial charge on any atom is 0.340 e. The molecule has 0 saturated heterocycles. The monoisotopic (exact) mass is 410 g/mol. The van der Waals surface area contributed by atoms with E-state index in [-0.39, 0.29) is 12.2 Å². The molecule has 0 aliphatic carbocycles. The Morgan fingerprint density at radius 1 is 1.13 bits per heavy atom. The Morgan fingerprint density at radius 2 is 1.83 bits per heavy atom. The van der Waals surface area contributed by atoms with E-state index in [9.17, 15) is 14.7 Å². The fraction of sp³-hybridized carbons (Fsp3) is 0.348. The molecule has 0 radical (unpaired) electrons. The zero-order valence-corrected chi connectivity index (χ0v) is 17.4. The molecule has 7 heteroatoms. The quantitative estimate of drug-likeness (QED) is 0.581. The van der Waals surface area contributed by atoms with Gasteiger partial charge < -0.3 is 14.6 Å². The third-order valence-corrected chi connectivity index (χ3v) is 5.19. The van der Waals surface area contributed by atoms with Crippen molar-refractivity contribution in [2.45, 2.75) is 39.3 Å². The lowest BCUT2D eigenvalue weighted by molar-refractivity contribution is -0.168. The molecule has 1 N–H and O–H groups in total. The van der Waals surface area contributed by atoms with E-state index in [0.29, 0.717) is 47.6 Å². The van der Waals surface area contributed by atoms with Crippen LogP contribution in [0.4, 0.5) is 0 Å². The van der Waals surface area contributed by atoms with Gasteiger partial charge in [0.15, 0.2) is 5.60 Å². The first-order valence-corrected chi connectivity index (χ1v) is 9.99. The van der Waals surface area contributed by atoms with Crippen LogP contribution in [0.5, 0.6) is 5.75 Å². The fourth-order valence-corrected chi connectivity index (χ4v) is 3.59. The molecule has 0 saturated carbocycles. The van der Waals surface area contributed by atoms with Crippen molar-refractivity contribution in [3.8, 4) is 5.75 Å². The molecule has 1 unspecified atom stereocenters. The van der Waals surface area contributed by atoms with Crippen molar-refractivity contribution < 1.29 is 19.4 Å². The van der Waals surface area contributed by atoms with Crippen molar-refractivity contribution in [2.24, 2.45) is 0 Å². The normalized spacial score (nSPS) is 13.2. The Labute approximate surface area is 174 Å². The molecule has 3 aromatic rings. The van der Waals surface area contributed by atoms with Gasteiger partial charge in [0, 0.05) is 6.61 Å². The van der Waals surface area contributed by atoms with Gasteiger partial charge in [-0.3, -0.25) is 9.36 Å². The Hall–Kier alpha value is -3.19. The number of hydrogen-bond donors (Lipinski definition) is 1. The smallest absolute Gasteiger partial charge is 0.340 e. The van der Waals surface area contributed by atoms with Gasteiger partial charge in [0.1, 0.15) is 18.2 Å². The molecule has 1 atom stereocenters. The van der Waals surface area contributed by atoms with E-state index in [1.54, 1.807) is 55.7 Å². The van der Waals surface area contributed by atoms with Crippen LogP contribution in [0.25, 0.3) is 10.9 Å². The highest BCUT2D eigenvalue weighted by atomic mass is 16.5. The van der Waals surface area contributed by atoms with Crippen molar-refractivity contribution >= 4 is 16.9 Å². The van der Waals surface area contributed by atoms with Crippen LogP contribution in [0.1, 0.15) is 31.7 Å². The van der Waals surface area contributed by atoms with Crippen molar-refractivity contribution in [3.63, 3.8) is 0 Å². The number of aromatic nitrogens is 2. The highest BCUT2D eigenvalue weighted by molar-refractivity contribution is 5.79. The minimum Gasteiger partial charge on any atom is -0.492 e. The van der Waals surface area contributed by atoms with E-state index in [2.05, 4.69) is 4.98 Å². The van der Waals surface area contributed by atoms with Crippen LogP contribution in [0.2, 0.25) is 0 Å². The van der Waals surface area contributed by atoms with Gasteiger partial charge in [-0.15, -0.1) is 0 Å². The molecule has 30 heavy (non-hydrogen) atoms. The molecule has 0 fully saturated rings. The zero-order valence-electron chi connectivity index (χ0n) is 17.4. The van der Waals surface area contributed by atoms with Crippen molar-refractivity contribution in [2.75, 3.05) is 13.2 Å². The number of fused-ring (bicyclic) bond motifs is 1. The van der Waals surface area contributed by atoms with Gasteiger partial charge in [0.2, 0.25) is 0 Å². The summed E-state index contributed by atoms with van der Waals surface area (Å²) in [5, 5.41) is 10.3. The van der Waals surface area contributed by atoms with Crippen LogP contribution < -0.4 is 10.3 Å². The summed E-state index contributed by atoms with van der Waals surface area (Å²) in [6.07, 6.45) is 0.313. The maximum atomic E-state index is 12.7. The van der Waals surface area contributed by atoms with Gasteiger partial charge in [0.25, 0.3) is 5.56 Å². The van der Waals surface area contributed by atoms with Crippen LogP contribution >= 0.6 is 0 Å². The van der Waals surface area contributed by atoms with Gasteiger partial charge in [0.05, 0.1) is 17.4 Å². The third-order valence-electron chi connectivity index (χ3n) is 5.19. The highest BCUT2D eigenvalue weighted by Crippen LogP contribution is 2.31. The molecule has 1 aromatic heterocycles. The number of ether oxygens (including phenoxy) is 2. The molecular weight excluding hydrogens is 384 g/mol. The van der Waals surface area contributed by atoms with Crippen molar-refractivity contribution in [1.82, 2.24) is 9.55 Å². The second-order valence-corrected chi connectivity index (χ2v) is 6.92. The Balaban J connectivity index is 1.73. The Bertz CT molecular complexity index is 1090. The minimum atomic E-state index is -1.37. The standard InChI is InChI=1S/C23H26N2O5/c1-4-23(22(27)28,30-5-2)17-10-12-18(13-11-17)29-15-14-25-16(3)24-20-9-7-6-8-19(20)21(25)26/h6-13H,4-5,14-15H2,1-3H3,(H,27,28). The number of para-hydroxylation sites is 1. The number of carbonyl (C=O) groups is 1. The highest BCUT2D eigenvalue weighted by Gasteiger charge is 2.39. The van der Waals surface area contributed by atoms with E-state index in [1.165, 1.54) is 0 Å². The summed E-state index contributed by atoms with van der Waals surface area (Å²) in [4.78, 5) is 29.0. The molecule has 0 bridgehead atoms. The maximum absolute atomic E-state index is 12.7. The van der Waals surface area contributed by atoms with Crippen LogP contribution in [-0.2, 0) is 21.7 Å². The summed E-state index contributed by atoms with van der Waals surface area (Å²) >= 11 is 0. The van der Waals surface area contributed by atoms with Gasteiger partial charge in [-0.05, 0) is 50.1 Å². The number of benzene rings is 2. The van der Waals surface area contributed by atoms with E-state index >= 15 is 0 Å². The zero-order chi connectivity index (χ0) is 21.7. The predicted octanol–water partition coefficient (Wildman–Crippen LogP) is 3.51. The van der Waals surface area contributed by atoms with Crippen LogP contribution in [0.3, 0.4) is 0 Å². The summed E-state index contributed by atoms with van der Waals surface area (Å²) in [5.74, 6) is 0.202. The number of nitrogens with zero attached hydrogens (tertiary/aromatic N) is 2. The molecule has 158 valence electrons. The van der Waals surface area contributed by atoms with Crippen molar-refractivity contribution in [3.05, 3.63) is 70.3 Å². The number of rotatable bonds is 9. The number of carboxylic acid groups (broad SMARTS) is 1. The Kier molecular flexibility index (Phi) is 6.52. The summed E-state index contributed by atoms with van der Waals surface area (Å²) < 4.78 is 13.0. The van der Waals surface area contributed by atoms with E-state index < -0.39 is 11.6 Å². The topological polar surface area (TPSA) is 90.7 Å². The lowest BCUT2D eigenvalue weighted by atomic mass is 9.91. The molecule has 0 spiro atoms. The average molecular weight is 410 g/mol. The first-order valence-electron chi connectivity index (χ1n) is 9.99. The first-order chi connectivity index (χ1) is 14.4. The van der Waals surface area contributed by atoms with Crippen LogP contribution in [-0.4, -0.2) is 33.8 Å². The second kappa shape index (κ2) is 9.09. The molecular formula is C23H26N2O5. The summed E-state index contributed by atoms with van der Waals surface area (Å²) in [7, 11) is 0. The molecule has 7 nitrogen and oxygen atoms in total. The number of aryl methyl sites for hydroxylation is 1.